The van der Waals surface area contributed by atoms with Crippen LogP contribution in [0.2, 0.25) is 5.28 Å². The number of halogens is 1. The molecule has 0 aliphatic heterocycles. The molecule has 0 saturated heterocycles. The standard InChI is InChI=1S/C20H11ClN2O/c21-20-22-18(14-10-5-7-12-6-1-2-8-13(12)14)17-15-9-3-4-11-16(15)24-19(17)23-20/h1-11H. The number of fused-ring (bicyclic) bond motifs is 4. The molecule has 5 rings (SSSR count). The summed E-state index contributed by atoms with van der Waals surface area (Å²) in [6, 6.07) is 22.3. The minimum atomic E-state index is 0.185. The zero-order chi connectivity index (χ0) is 16.1. The molecule has 0 N–H and O–H groups in total. The molecular formula is C20H11ClN2O. The maximum Gasteiger partial charge on any atom is 0.232 e. The molecule has 4 heteroatoms. The van der Waals surface area contributed by atoms with Crippen molar-refractivity contribution in [1.82, 2.24) is 9.97 Å². The van der Waals surface area contributed by atoms with Gasteiger partial charge >= 0.3 is 0 Å². The minimum Gasteiger partial charge on any atom is -0.438 e. The molecule has 0 aliphatic rings. The largest absolute Gasteiger partial charge is 0.438 e. The van der Waals surface area contributed by atoms with Gasteiger partial charge in [0.05, 0.1) is 11.1 Å². The average molecular weight is 331 g/mol. The van der Waals surface area contributed by atoms with Crippen molar-refractivity contribution in [2.24, 2.45) is 0 Å². The van der Waals surface area contributed by atoms with Crippen molar-refractivity contribution < 1.29 is 4.42 Å². The van der Waals surface area contributed by atoms with Crippen LogP contribution in [0, 0.1) is 0 Å². The summed E-state index contributed by atoms with van der Waals surface area (Å²) in [6.07, 6.45) is 0. The molecule has 0 fully saturated rings. The quantitative estimate of drug-likeness (QED) is 0.362. The Kier molecular flexibility index (Phi) is 2.84. The Labute approximate surface area is 142 Å². The number of hydrogen-bond acceptors (Lipinski definition) is 3. The first kappa shape index (κ1) is 13.5. The molecule has 0 aliphatic carbocycles. The lowest BCUT2D eigenvalue weighted by Gasteiger charge is -2.07. The molecule has 3 nitrogen and oxygen atoms in total. The third kappa shape index (κ3) is 1.92. The number of benzene rings is 3. The lowest BCUT2D eigenvalue weighted by Crippen LogP contribution is -1.90. The fourth-order valence-electron chi connectivity index (χ4n) is 3.22. The summed E-state index contributed by atoms with van der Waals surface area (Å²) >= 11 is 6.17. The molecule has 3 aromatic carbocycles. The zero-order valence-electron chi connectivity index (χ0n) is 12.5. The van der Waals surface area contributed by atoms with Crippen molar-refractivity contribution in [3.8, 4) is 11.3 Å². The highest BCUT2D eigenvalue weighted by Gasteiger charge is 2.17. The maximum absolute atomic E-state index is 6.17. The van der Waals surface area contributed by atoms with Gasteiger partial charge in [-0.25, -0.2) is 4.98 Å². The third-order valence-electron chi connectivity index (χ3n) is 4.26. The van der Waals surface area contributed by atoms with Gasteiger partial charge in [0, 0.05) is 10.9 Å². The highest BCUT2D eigenvalue weighted by Crippen LogP contribution is 2.37. The van der Waals surface area contributed by atoms with Crippen LogP contribution < -0.4 is 0 Å². The van der Waals surface area contributed by atoms with Crippen LogP contribution >= 0.6 is 11.6 Å². The Bertz CT molecular complexity index is 1220. The van der Waals surface area contributed by atoms with E-state index in [4.69, 9.17) is 16.0 Å². The second-order valence-electron chi connectivity index (χ2n) is 5.65. The maximum atomic E-state index is 6.17. The van der Waals surface area contributed by atoms with E-state index >= 15 is 0 Å². The number of nitrogens with zero attached hydrogens (tertiary/aromatic N) is 2. The third-order valence-corrected chi connectivity index (χ3v) is 4.43. The highest BCUT2D eigenvalue weighted by molar-refractivity contribution is 6.29. The Morgan fingerprint density at radius 3 is 2.42 bits per heavy atom. The summed E-state index contributed by atoms with van der Waals surface area (Å²) in [4.78, 5) is 8.81. The molecule has 0 spiro atoms. The van der Waals surface area contributed by atoms with E-state index in [9.17, 15) is 0 Å². The lowest BCUT2D eigenvalue weighted by atomic mass is 9.99. The molecule has 0 saturated carbocycles. The van der Waals surface area contributed by atoms with E-state index in [1.54, 1.807) is 0 Å². The second-order valence-corrected chi connectivity index (χ2v) is 5.98. The topological polar surface area (TPSA) is 38.9 Å². The first-order chi connectivity index (χ1) is 11.8. The van der Waals surface area contributed by atoms with Crippen molar-refractivity contribution in [1.29, 1.82) is 0 Å². The van der Waals surface area contributed by atoms with Gasteiger partial charge in [0.15, 0.2) is 0 Å². The summed E-state index contributed by atoms with van der Waals surface area (Å²) < 4.78 is 5.87. The summed E-state index contributed by atoms with van der Waals surface area (Å²) in [6.45, 7) is 0. The van der Waals surface area contributed by atoms with Gasteiger partial charge in [0.2, 0.25) is 11.0 Å². The number of aromatic nitrogens is 2. The van der Waals surface area contributed by atoms with Crippen LogP contribution in [-0.4, -0.2) is 9.97 Å². The number of para-hydroxylation sites is 1. The monoisotopic (exact) mass is 330 g/mol. The Balaban J connectivity index is 1.98. The van der Waals surface area contributed by atoms with Crippen molar-refractivity contribution in [2.75, 3.05) is 0 Å². The Morgan fingerprint density at radius 2 is 1.50 bits per heavy atom. The molecule has 0 unspecified atom stereocenters. The SMILES string of the molecule is Clc1nc(-c2cccc3ccccc23)c2c(n1)oc1ccccc12. The van der Waals surface area contributed by atoms with E-state index in [1.165, 1.54) is 0 Å². The van der Waals surface area contributed by atoms with Crippen molar-refractivity contribution >= 4 is 44.4 Å². The normalized spacial score (nSPS) is 11.5. The van der Waals surface area contributed by atoms with E-state index in [0.717, 1.165) is 38.4 Å². The van der Waals surface area contributed by atoms with Crippen LogP contribution in [0.15, 0.2) is 71.1 Å². The second kappa shape index (κ2) is 5.05. The fourth-order valence-corrected chi connectivity index (χ4v) is 3.39. The number of furan rings is 1. The van der Waals surface area contributed by atoms with Gasteiger partial charge in [-0.05, 0) is 28.4 Å². The predicted molar refractivity (Wildman–Crippen MR) is 97.3 cm³/mol. The average Bonchev–Trinajstić information content (AvgIpc) is 2.98. The Morgan fingerprint density at radius 1 is 0.750 bits per heavy atom. The van der Waals surface area contributed by atoms with Crippen LogP contribution in [0.4, 0.5) is 0 Å². The van der Waals surface area contributed by atoms with Gasteiger partial charge in [0.25, 0.3) is 0 Å². The molecule has 24 heavy (non-hydrogen) atoms. The van der Waals surface area contributed by atoms with E-state index in [-0.39, 0.29) is 5.28 Å². The first-order valence-electron chi connectivity index (χ1n) is 7.64. The van der Waals surface area contributed by atoms with Gasteiger partial charge in [-0.1, -0.05) is 60.7 Å². The molecular weight excluding hydrogens is 320 g/mol. The molecule has 0 radical (unpaired) electrons. The van der Waals surface area contributed by atoms with Gasteiger partial charge in [-0.15, -0.1) is 0 Å². The van der Waals surface area contributed by atoms with E-state index < -0.39 is 0 Å². The van der Waals surface area contributed by atoms with E-state index in [1.807, 2.05) is 42.5 Å². The van der Waals surface area contributed by atoms with Gasteiger partial charge in [-0.2, -0.15) is 4.98 Å². The van der Waals surface area contributed by atoms with Crippen LogP contribution in [0.3, 0.4) is 0 Å². The zero-order valence-corrected chi connectivity index (χ0v) is 13.3. The fraction of sp³-hybridized carbons (Fsp3) is 0. The Hall–Kier alpha value is -2.91. The van der Waals surface area contributed by atoms with Crippen LogP contribution in [-0.2, 0) is 0 Å². The first-order valence-corrected chi connectivity index (χ1v) is 8.02. The summed E-state index contributed by atoms with van der Waals surface area (Å²) in [5.74, 6) is 0. The molecule has 0 bridgehead atoms. The molecule has 0 amide bonds. The molecule has 114 valence electrons. The van der Waals surface area contributed by atoms with Gasteiger partial charge < -0.3 is 4.42 Å². The van der Waals surface area contributed by atoms with Crippen LogP contribution in [0.25, 0.3) is 44.1 Å². The van der Waals surface area contributed by atoms with Crippen molar-refractivity contribution in [2.45, 2.75) is 0 Å². The summed E-state index contributed by atoms with van der Waals surface area (Å²) in [5.41, 5.74) is 3.12. The minimum absolute atomic E-state index is 0.185. The van der Waals surface area contributed by atoms with Crippen LogP contribution in [0.5, 0.6) is 0 Å². The van der Waals surface area contributed by atoms with Crippen LogP contribution in [0.1, 0.15) is 0 Å². The van der Waals surface area contributed by atoms with Gasteiger partial charge in [-0.3, -0.25) is 0 Å². The van der Waals surface area contributed by atoms with E-state index in [0.29, 0.717) is 5.71 Å². The summed E-state index contributed by atoms with van der Waals surface area (Å²) in [7, 11) is 0. The summed E-state index contributed by atoms with van der Waals surface area (Å²) in [5, 5.41) is 4.36. The molecule has 0 atom stereocenters. The smallest absolute Gasteiger partial charge is 0.232 e. The van der Waals surface area contributed by atoms with Crippen molar-refractivity contribution in [3.63, 3.8) is 0 Å². The number of hydrogen-bond donors (Lipinski definition) is 0. The number of rotatable bonds is 1. The molecule has 2 heterocycles. The predicted octanol–water partition coefficient (Wildman–Crippen LogP) is 5.85. The van der Waals surface area contributed by atoms with Crippen molar-refractivity contribution in [3.05, 3.63) is 72.0 Å². The van der Waals surface area contributed by atoms with Gasteiger partial charge in [0.1, 0.15) is 5.58 Å². The lowest BCUT2D eigenvalue weighted by molar-refractivity contribution is 0.653. The highest BCUT2D eigenvalue weighted by atomic mass is 35.5. The molecule has 2 aromatic heterocycles. The molecule has 5 aromatic rings. The van der Waals surface area contributed by atoms with E-state index in [2.05, 4.69) is 34.2 Å².